The molecule has 0 aliphatic heterocycles. The van der Waals surface area contributed by atoms with Gasteiger partial charge in [0.25, 0.3) is 0 Å². The molecule has 0 bridgehead atoms. The number of hydrogen-bond donors (Lipinski definition) is 2. The molecule has 1 heterocycles. The minimum Gasteiger partial charge on any atom is -0.396 e. The van der Waals surface area contributed by atoms with Gasteiger partial charge in [-0.25, -0.2) is 0 Å². The highest BCUT2D eigenvalue weighted by Crippen LogP contribution is 2.07. The molecule has 0 atom stereocenters. The highest BCUT2D eigenvalue weighted by atomic mass is 16.3. The minimum atomic E-state index is 0.129. The number of rotatable bonds is 4. The van der Waals surface area contributed by atoms with E-state index in [0.717, 1.165) is 11.1 Å². The molecule has 1 aromatic rings. The Balaban J connectivity index is 2.77. The molecule has 1 aromatic heterocycles. The van der Waals surface area contributed by atoms with Gasteiger partial charge in [0, 0.05) is 25.6 Å². The summed E-state index contributed by atoms with van der Waals surface area (Å²) >= 11 is 0. The first-order chi connectivity index (χ1) is 5.88. The van der Waals surface area contributed by atoms with Gasteiger partial charge in [-0.15, -0.1) is 0 Å². The Morgan fingerprint density at radius 2 is 1.75 bits per heavy atom. The Kier molecular flexibility index (Phi) is 3.70. The van der Waals surface area contributed by atoms with Crippen molar-refractivity contribution >= 4 is 0 Å². The molecule has 0 amide bonds. The summed E-state index contributed by atoms with van der Waals surface area (Å²) in [6.07, 6.45) is 4.69. The van der Waals surface area contributed by atoms with Crippen molar-refractivity contribution in [2.75, 3.05) is 13.2 Å². The predicted molar refractivity (Wildman–Crippen MR) is 45.8 cm³/mol. The average Bonchev–Trinajstić information content (AvgIpc) is 2.09. The lowest BCUT2D eigenvalue weighted by molar-refractivity contribution is 0.293. The molecule has 12 heavy (non-hydrogen) atoms. The highest BCUT2D eigenvalue weighted by molar-refractivity contribution is 5.23. The van der Waals surface area contributed by atoms with Crippen molar-refractivity contribution in [1.29, 1.82) is 0 Å². The van der Waals surface area contributed by atoms with E-state index in [1.54, 1.807) is 12.4 Å². The first-order valence-electron chi connectivity index (χ1n) is 4.02. The third-order valence-electron chi connectivity index (χ3n) is 1.77. The molecule has 0 spiro atoms. The molecule has 0 fully saturated rings. The van der Waals surface area contributed by atoms with Crippen LogP contribution in [0.25, 0.3) is 0 Å². The summed E-state index contributed by atoms with van der Waals surface area (Å²) in [6, 6.07) is 1.88. The first kappa shape index (κ1) is 9.16. The highest BCUT2D eigenvalue weighted by Gasteiger charge is 1.99. The fourth-order valence-corrected chi connectivity index (χ4v) is 1.17. The van der Waals surface area contributed by atoms with E-state index in [2.05, 4.69) is 4.98 Å². The molecule has 0 aliphatic rings. The molecule has 0 aliphatic carbocycles. The maximum absolute atomic E-state index is 8.73. The second-order valence-corrected chi connectivity index (χ2v) is 2.59. The van der Waals surface area contributed by atoms with Crippen molar-refractivity contribution in [3.8, 4) is 0 Å². The second kappa shape index (κ2) is 4.85. The van der Waals surface area contributed by atoms with Crippen LogP contribution in [0.2, 0.25) is 0 Å². The summed E-state index contributed by atoms with van der Waals surface area (Å²) in [5.74, 6) is 0. The van der Waals surface area contributed by atoms with E-state index in [1.165, 1.54) is 0 Å². The fraction of sp³-hybridized carbons (Fsp3) is 0.444. The van der Waals surface area contributed by atoms with Crippen LogP contribution in [0.4, 0.5) is 0 Å². The van der Waals surface area contributed by atoms with E-state index in [1.807, 2.05) is 6.07 Å². The number of nitrogens with zero attached hydrogens (tertiary/aromatic N) is 1. The summed E-state index contributed by atoms with van der Waals surface area (Å²) in [6.45, 7) is 0.270. The Labute approximate surface area is 71.7 Å². The molecule has 66 valence electrons. The Bertz CT molecular complexity index is 213. The van der Waals surface area contributed by atoms with Gasteiger partial charge in [0.15, 0.2) is 0 Å². The average molecular weight is 167 g/mol. The number of aliphatic hydroxyl groups excluding tert-OH is 2. The van der Waals surface area contributed by atoms with Gasteiger partial charge in [-0.2, -0.15) is 0 Å². The van der Waals surface area contributed by atoms with E-state index >= 15 is 0 Å². The van der Waals surface area contributed by atoms with Crippen molar-refractivity contribution in [3.05, 3.63) is 29.6 Å². The van der Waals surface area contributed by atoms with Gasteiger partial charge in [-0.1, -0.05) is 0 Å². The van der Waals surface area contributed by atoms with Crippen LogP contribution in [0.5, 0.6) is 0 Å². The Morgan fingerprint density at radius 3 is 2.42 bits per heavy atom. The molecular formula is C9H13NO2. The van der Waals surface area contributed by atoms with E-state index in [-0.39, 0.29) is 13.2 Å². The lowest BCUT2D eigenvalue weighted by Gasteiger charge is -2.04. The molecule has 1 rings (SSSR count). The summed E-state index contributed by atoms with van der Waals surface area (Å²) < 4.78 is 0. The lowest BCUT2D eigenvalue weighted by atomic mass is 10.1. The molecule has 0 saturated carbocycles. The van der Waals surface area contributed by atoms with E-state index in [9.17, 15) is 0 Å². The molecule has 3 heteroatoms. The molecule has 0 radical (unpaired) electrons. The number of pyridine rings is 1. The van der Waals surface area contributed by atoms with Crippen molar-refractivity contribution in [2.24, 2.45) is 0 Å². The maximum atomic E-state index is 8.73. The van der Waals surface area contributed by atoms with E-state index in [0.29, 0.717) is 12.8 Å². The summed E-state index contributed by atoms with van der Waals surface area (Å²) in [4.78, 5) is 3.95. The van der Waals surface area contributed by atoms with Crippen LogP contribution >= 0.6 is 0 Å². The zero-order chi connectivity index (χ0) is 8.81. The van der Waals surface area contributed by atoms with Crippen molar-refractivity contribution < 1.29 is 10.2 Å². The van der Waals surface area contributed by atoms with Crippen LogP contribution in [-0.4, -0.2) is 28.4 Å². The topological polar surface area (TPSA) is 53.4 Å². The zero-order valence-corrected chi connectivity index (χ0v) is 6.90. The van der Waals surface area contributed by atoms with Gasteiger partial charge in [-0.3, -0.25) is 4.98 Å². The Hall–Kier alpha value is -0.930. The van der Waals surface area contributed by atoms with Crippen LogP contribution in [0, 0.1) is 0 Å². The first-order valence-corrected chi connectivity index (χ1v) is 4.02. The number of aliphatic hydroxyl groups is 2. The predicted octanol–water partition coefficient (Wildman–Crippen LogP) is 0.151. The van der Waals surface area contributed by atoms with Crippen LogP contribution < -0.4 is 0 Å². The third kappa shape index (κ3) is 2.29. The summed E-state index contributed by atoms with van der Waals surface area (Å²) in [5.41, 5.74) is 2.09. The number of hydrogen-bond acceptors (Lipinski definition) is 3. The van der Waals surface area contributed by atoms with Gasteiger partial charge in [0.1, 0.15) is 0 Å². The smallest absolute Gasteiger partial charge is 0.0472 e. The van der Waals surface area contributed by atoms with Crippen LogP contribution in [0.1, 0.15) is 11.1 Å². The molecular weight excluding hydrogens is 154 g/mol. The Morgan fingerprint density at radius 1 is 1.08 bits per heavy atom. The van der Waals surface area contributed by atoms with Gasteiger partial charge < -0.3 is 10.2 Å². The van der Waals surface area contributed by atoms with Crippen molar-refractivity contribution in [2.45, 2.75) is 12.8 Å². The normalized spacial score (nSPS) is 10.2. The molecule has 0 aromatic carbocycles. The molecule has 3 nitrogen and oxygen atoms in total. The SMILES string of the molecule is OCCc1ccncc1CCO. The second-order valence-electron chi connectivity index (χ2n) is 2.59. The van der Waals surface area contributed by atoms with Gasteiger partial charge in [-0.05, 0) is 30.0 Å². The standard InChI is InChI=1S/C9H13NO2/c11-5-2-8-1-4-10-7-9(8)3-6-12/h1,4,7,11-12H,2-3,5-6H2. The van der Waals surface area contributed by atoms with Crippen LogP contribution in [0.15, 0.2) is 18.5 Å². The monoisotopic (exact) mass is 167 g/mol. The zero-order valence-electron chi connectivity index (χ0n) is 6.90. The van der Waals surface area contributed by atoms with E-state index in [4.69, 9.17) is 10.2 Å². The van der Waals surface area contributed by atoms with Crippen molar-refractivity contribution in [3.63, 3.8) is 0 Å². The van der Waals surface area contributed by atoms with Gasteiger partial charge in [0.2, 0.25) is 0 Å². The molecule has 2 N–H and O–H groups in total. The largest absolute Gasteiger partial charge is 0.396 e. The maximum Gasteiger partial charge on any atom is 0.0472 e. The quantitative estimate of drug-likeness (QED) is 0.671. The minimum absolute atomic E-state index is 0.129. The fourth-order valence-electron chi connectivity index (χ4n) is 1.17. The molecule has 0 unspecified atom stereocenters. The third-order valence-corrected chi connectivity index (χ3v) is 1.77. The van der Waals surface area contributed by atoms with Gasteiger partial charge in [0.05, 0.1) is 0 Å². The number of aromatic nitrogens is 1. The summed E-state index contributed by atoms with van der Waals surface area (Å²) in [7, 11) is 0. The molecule has 0 saturated heterocycles. The lowest BCUT2D eigenvalue weighted by Crippen LogP contribution is -2.00. The van der Waals surface area contributed by atoms with E-state index < -0.39 is 0 Å². The van der Waals surface area contributed by atoms with Gasteiger partial charge >= 0.3 is 0 Å². The van der Waals surface area contributed by atoms with Crippen LogP contribution in [0.3, 0.4) is 0 Å². The van der Waals surface area contributed by atoms with Crippen molar-refractivity contribution in [1.82, 2.24) is 4.98 Å². The van der Waals surface area contributed by atoms with Crippen LogP contribution in [-0.2, 0) is 12.8 Å². The summed E-state index contributed by atoms with van der Waals surface area (Å²) in [5, 5.41) is 17.5.